The van der Waals surface area contributed by atoms with Gasteiger partial charge in [-0.1, -0.05) is 18.7 Å². The third-order valence-electron chi connectivity index (χ3n) is 21.2. The van der Waals surface area contributed by atoms with Gasteiger partial charge in [0.15, 0.2) is 11.6 Å². The number of nitrogens with one attached hydrogen (secondary N) is 8. The van der Waals surface area contributed by atoms with Crippen LogP contribution in [0.3, 0.4) is 0 Å². The van der Waals surface area contributed by atoms with E-state index in [2.05, 4.69) is 112 Å². The van der Waals surface area contributed by atoms with Gasteiger partial charge in [-0.3, -0.25) is 78.2 Å². The minimum Gasteiger partial charge on any atom is -0.483 e. The van der Waals surface area contributed by atoms with Crippen LogP contribution in [0.5, 0.6) is 0 Å². The van der Waals surface area contributed by atoms with Crippen molar-refractivity contribution < 1.29 is 67.1 Å². The molecule has 41 nitrogen and oxygen atoms in total. The second kappa shape index (κ2) is 43.0. The molecule has 5 aliphatic rings. The number of thiazole rings is 4. The van der Waals surface area contributed by atoms with E-state index in [4.69, 9.17) is 60.3 Å². The van der Waals surface area contributed by atoms with Crippen LogP contribution in [-0.4, -0.2) is 219 Å². The molecule has 1 saturated heterocycles. The fourth-order valence-corrected chi connectivity index (χ4v) is 17.7. The number of anilines is 4. The standard InChI is InChI=1S/C23H22FN7O3S.2C21H21N7O2S.C17H17N7O2S.2CH2O2/c24-16-2-1-7-25-19(16)20-17(28-21(32)18-13-35-22(29-18)14-10-26-27-11-14)12-31(30-20)15-3-5-23(6-4-15)33-8-9-34-23;2*1-2-30-15-7-14(8-15)28-11-17(19(27-28)16-5-3-4-6-22-16)25-20(29)18-12-31-21(26-18)13-9-23-24-10-13;1-3-26-12-4-11(5-12)24-8-13(15(18-2)23-24)21-16(25)14-9-27-17(22-14)10-6-19-20-7-10;2*2-1-3/h1-2,7,10-13,15H,3-6,8-9H2,(H,26,27)(H,28,32);2*3-6,9-12,14-15H,2,7-8H2,1H3,(H,23,24)(H,25,29);6-9,11-12H,3-5H2,1H3,(H,19,20)(H,21,25);2*1H,(H,2,3). The molecule has 4 aliphatic carbocycles. The summed E-state index contributed by atoms with van der Waals surface area (Å²) < 4.78 is 50.6. The Morgan fingerprint density at radius 2 is 0.823 bits per heavy atom. The van der Waals surface area contributed by atoms with Crippen LogP contribution in [0.15, 0.2) is 163 Å². The first-order chi connectivity index (χ1) is 63.5. The lowest BCUT2D eigenvalue weighted by Gasteiger charge is -2.35. The maximum absolute atomic E-state index is 14.7. The first kappa shape index (κ1) is 90.5. The lowest BCUT2D eigenvalue weighted by Crippen LogP contribution is -2.35. The largest absolute Gasteiger partial charge is 0.483 e. The van der Waals surface area contributed by atoms with Crippen molar-refractivity contribution >= 4 is 110 Å². The molecule has 15 aromatic heterocycles. The van der Waals surface area contributed by atoms with Crippen molar-refractivity contribution in [1.29, 1.82) is 0 Å². The number of hydrogen-bond acceptors (Lipinski definition) is 30. The third-order valence-corrected chi connectivity index (χ3v) is 24.7. The molecule has 15 aromatic rings. The number of amides is 4. The number of carboxylic acid groups (broad SMARTS) is 2. The maximum atomic E-state index is 14.7. The Bertz CT molecular complexity index is 6060. The third kappa shape index (κ3) is 21.9. The number of ether oxygens (including phenoxy) is 5. The molecule has 16 heterocycles. The van der Waals surface area contributed by atoms with E-state index in [9.17, 15) is 23.6 Å². The fraction of sp³-hybridized carbons (Fsp3) is 0.310. The van der Waals surface area contributed by atoms with Crippen LogP contribution in [0.1, 0.15) is 151 Å². The first-order valence-corrected chi connectivity index (χ1v) is 44.5. The van der Waals surface area contributed by atoms with E-state index < -0.39 is 17.5 Å². The second-order valence-corrected chi connectivity index (χ2v) is 32.8. The van der Waals surface area contributed by atoms with Crippen LogP contribution in [-0.2, 0) is 33.3 Å². The van der Waals surface area contributed by atoms with Crippen molar-refractivity contribution in [3.8, 4) is 76.4 Å². The van der Waals surface area contributed by atoms with Gasteiger partial charge in [-0.05, 0) is 114 Å². The Morgan fingerprint density at radius 3 is 1.16 bits per heavy atom. The molecule has 46 heteroatoms. The van der Waals surface area contributed by atoms with Crippen molar-refractivity contribution in [1.82, 2.24) is 115 Å². The van der Waals surface area contributed by atoms with Crippen LogP contribution < -0.4 is 21.3 Å². The number of nitrogens with zero attached hydrogens (tertiary/aromatic N) is 20. The SMILES string of the molecule is CCOC1CC(n2cc(NC(=O)c3csc(-c4cn[nH]c4)n3)c(-c3ccccn3)n2)C1.CCOC1CC(n2cc(NC(=O)c3csc(-c4cn[nH]c4)n3)c(-c3ccccn3)n2)C1.O=C(Nc1cn(C2CCC3(CC2)OCCO3)nc1-c1ncccc1F)c1csc(-c2cn[nH]c2)n1.O=CO.O=CO.[C-]#[N+]c1nn(C2CC(OCC)C2)cc1NC(=O)c1csc(-c2cn[nH]c2)n1. The fourth-order valence-electron chi connectivity index (χ4n) is 14.6. The molecule has 0 atom stereocenters. The average Bonchev–Trinajstić information content (AvgIpc) is 1.65. The summed E-state index contributed by atoms with van der Waals surface area (Å²) in [6, 6.07) is 14.9. The monoisotopic (exact) mass is 1840 g/mol. The molecule has 1 aliphatic heterocycles. The number of carbonyl (C=O) groups is 6. The van der Waals surface area contributed by atoms with E-state index in [0.717, 1.165) is 96.5 Å². The Balaban J connectivity index is 0.000000131. The number of rotatable bonds is 25. The number of aromatic amines is 4. The zero-order valence-corrected chi connectivity index (χ0v) is 73.0. The molecule has 0 unspecified atom stereocenters. The number of H-pyrrole nitrogens is 4. The number of halogens is 1. The van der Waals surface area contributed by atoms with Crippen LogP contribution in [0.2, 0.25) is 0 Å². The van der Waals surface area contributed by atoms with Crippen LogP contribution in [0.4, 0.5) is 33.0 Å². The molecule has 5 fully saturated rings. The van der Waals surface area contributed by atoms with Crippen LogP contribution in [0, 0.1) is 12.4 Å². The Hall–Kier alpha value is -14.3. The summed E-state index contributed by atoms with van der Waals surface area (Å²) >= 11 is 5.48. The van der Waals surface area contributed by atoms with E-state index in [0.29, 0.717) is 106 Å². The predicted molar refractivity (Wildman–Crippen MR) is 476 cm³/mol. The van der Waals surface area contributed by atoms with Crippen LogP contribution >= 0.6 is 45.3 Å². The summed E-state index contributed by atoms with van der Waals surface area (Å²) in [4.78, 5) is 102. The molecule has 4 amide bonds. The quantitative estimate of drug-likeness (QED) is 0.0188. The van der Waals surface area contributed by atoms with Gasteiger partial charge in [0.1, 0.15) is 65.6 Å². The number of pyridine rings is 3. The topological polar surface area (TPSA) is 518 Å². The highest BCUT2D eigenvalue weighted by atomic mass is 32.1. The highest BCUT2D eigenvalue weighted by Crippen LogP contribution is 2.44. The first-order valence-electron chi connectivity index (χ1n) is 41.0. The molecule has 1 spiro atoms. The maximum Gasteiger partial charge on any atom is 0.318 e. The average molecular weight is 1840 g/mol. The van der Waals surface area contributed by atoms with Gasteiger partial charge in [-0.2, -0.15) is 40.4 Å². The van der Waals surface area contributed by atoms with Crippen LogP contribution in [0.25, 0.3) is 81.3 Å². The molecule has 4 saturated carbocycles. The molecule has 0 radical (unpaired) electrons. The molecule has 0 bridgehead atoms. The van der Waals surface area contributed by atoms with E-state index >= 15 is 0 Å². The number of aromatic nitrogens is 23. The highest BCUT2D eigenvalue weighted by molar-refractivity contribution is 7.14. The molecule has 0 aromatic carbocycles. The molecule has 20 rings (SSSR count). The molecular formula is C84H85FN28O13S4. The van der Waals surface area contributed by atoms with Gasteiger partial charge in [0.2, 0.25) is 0 Å². The minimum atomic E-state index is -0.514. The zero-order chi connectivity index (χ0) is 90.5. The van der Waals surface area contributed by atoms with Gasteiger partial charge in [0.25, 0.3) is 36.6 Å². The van der Waals surface area contributed by atoms with Gasteiger partial charge < -0.3 is 60.0 Å². The van der Waals surface area contributed by atoms with Gasteiger partial charge in [0.05, 0.1) is 121 Å². The van der Waals surface area contributed by atoms with Crippen molar-refractivity contribution in [2.24, 2.45) is 0 Å². The molecule has 10 N–H and O–H groups in total. The summed E-state index contributed by atoms with van der Waals surface area (Å²) in [7, 11) is 0. The van der Waals surface area contributed by atoms with Crippen molar-refractivity contribution in [3.63, 3.8) is 0 Å². The lowest BCUT2D eigenvalue weighted by molar-refractivity contribution is -0.181. The lowest BCUT2D eigenvalue weighted by atomic mass is 9.89. The smallest absolute Gasteiger partial charge is 0.318 e. The normalized spacial score (nSPS) is 17.4. The summed E-state index contributed by atoms with van der Waals surface area (Å²) in [6.45, 7) is 16.2. The number of carbonyl (C=O) groups excluding carboxylic acids is 4. The van der Waals surface area contributed by atoms with E-state index in [-0.39, 0.29) is 96.0 Å². The Labute approximate surface area is 754 Å². The summed E-state index contributed by atoms with van der Waals surface area (Å²) in [6.07, 6.45) is 34.9. The molecular weight excluding hydrogens is 1760 g/mol. The molecule has 130 heavy (non-hydrogen) atoms. The van der Waals surface area contributed by atoms with Crippen molar-refractivity contribution in [2.75, 3.05) is 54.3 Å². The van der Waals surface area contributed by atoms with Gasteiger partial charge in [0, 0.05) is 138 Å². The van der Waals surface area contributed by atoms with Crippen molar-refractivity contribution in [2.45, 2.75) is 133 Å². The van der Waals surface area contributed by atoms with Gasteiger partial charge in [-0.15, -0.1) is 45.3 Å². The molecule has 670 valence electrons. The summed E-state index contributed by atoms with van der Waals surface area (Å²) in [5.74, 6) is -2.19. The van der Waals surface area contributed by atoms with Crippen molar-refractivity contribution in [3.05, 3.63) is 203 Å². The minimum absolute atomic E-state index is 0.0663. The van der Waals surface area contributed by atoms with Gasteiger partial charge in [-0.25, -0.2) is 24.3 Å². The second-order valence-electron chi connectivity index (χ2n) is 29.4. The van der Waals surface area contributed by atoms with E-state index in [1.54, 1.807) is 105 Å². The highest BCUT2D eigenvalue weighted by Gasteiger charge is 2.42. The van der Waals surface area contributed by atoms with E-state index in [1.807, 2.05) is 78.9 Å². The predicted octanol–water partition coefficient (Wildman–Crippen LogP) is 14.3. The number of hydrogen-bond donors (Lipinski definition) is 10. The Morgan fingerprint density at radius 1 is 0.485 bits per heavy atom. The van der Waals surface area contributed by atoms with E-state index in [1.165, 1.54) is 63.7 Å². The Kier molecular flexibility index (Phi) is 29.9. The summed E-state index contributed by atoms with van der Waals surface area (Å²) in [5, 5.41) is 80.1. The zero-order valence-electron chi connectivity index (χ0n) is 69.7. The summed E-state index contributed by atoms with van der Waals surface area (Å²) in [5.41, 5.74) is 9.58. The van der Waals surface area contributed by atoms with Gasteiger partial charge >= 0.3 is 5.82 Å².